The zero-order valence-corrected chi connectivity index (χ0v) is 16.8. The summed E-state index contributed by atoms with van der Waals surface area (Å²) in [6.07, 6.45) is 7.71. The summed E-state index contributed by atoms with van der Waals surface area (Å²) in [4.78, 5) is 0. The van der Waals surface area contributed by atoms with Crippen LogP contribution in [0.3, 0.4) is 0 Å². The van der Waals surface area contributed by atoms with Gasteiger partial charge in [0.05, 0.1) is 0 Å². The minimum Gasteiger partial charge on any atom is -0.428 e. The monoisotopic (exact) mass is 334 g/mol. The van der Waals surface area contributed by atoms with Crippen LogP contribution in [0, 0.1) is 12.0 Å². The van der Waals surface area contributed by atoms with Crippen LogP contribution in [0.5, 0.6) is 0 Å². The Morgan fingerprint density at radius 2 is 1.25 bits per heavy atom. The lowest BCUT2D eigenvalue weighted by Crippen LogP contribution is -2.53. The van der Waals surface area contributed by atoms with E-state index in [-0.39, 0.29) is 1.43 Å². The standard InChI is InChI=1S/C13H32N2O2Si3.H2/c1-7-20(6,16-18(2,3)12-8-10-14)17-19(4,5)13-9-11-15;/h1H,8-15H2,2-6H3;1H. The molecular weight excluding hydrogens is 300 g/mol. The van der Waals surface area contributed by atoms with Gasteiger partial charge in [-0.1, -0.05) is 5.54 Å². The van der Waals surface area contributed by atoms with Gasteiger partial charge in [-0.15, -0.1) is 6.42 Å². The molecule has 0 rings (SSSR count). The van der Waals surface area contributed by atoms with Crippen LogP contribution in [-0.4, -0.2) is 38.3 Å². The minimum atomic E-state index is -2.52. The van der Waals surface area contributed by atoms with E-state index in [0.29, 0.717) is 13.1 Å². The van der Waals surface area contributed by atoms with E-state index < -0.39 is 25.2 Å². The fourth-order valence-corrected chi connectivity index (χ4v) is 14.7. The van der Waals surface area contributed by atoms with Gasteiger partial charge in [0.1, 0.15) is 0 Å². The predicted molar refractivity (Wildman–Crippen MR) is 96.7 cm³/mol. The smallest absolute Gasteiger partial charge is 0.399 e. The third-order valence-electron chi connectivity index (χ3n) is 3.17. The van der Waals surface area contributed by atoms with Gasteiger partial charge in [0.2, 0.25) is 0 Å². The fraction of sp³-hybridized carbons (Fsp3) is 0.846. The van der Waals surface area contributed by atoms with Crippen molar-refractivity contribution in [3.8, 4) is 12.0 Å². The van der Waals surface area contributed by atoms with Gasteiger partial charge in [-0.05, 0) is 70.8 Å². The van der Waals surface area contributed by atoms with Gasteiger partial charge in [-0.3, -0.25) is 0 Å². The average molecular weight is 335 g/mol. The molecule has 0 bridgehead atoms. The van der Waals surface area contributed by atoms with Crippen molar-refractivity contribution in [2.45, 2.75) is 57.7 Å². The van der Waals surface area contributed by atoms with Crippen molar-refractivity contribution >= 4 is 25.2 Å². The van der Waals surface area contributed by atoms with Crippen LogP contribution >= 0.6 is 0 Å². The highest BCUT2D eigenvalue weighted by Crippen LogP contribution is 2.25. The molecule has 0 unspecified atom stereocenters. The summed E-state index contributed by atoms with van der Waals surface area (Å²) in [5.41, 5.74) is 14.0. The van der Waals surface area contributed by atoms with Crippen molar-refractivity contribution < 1.29 is 9.66 Å². The van der Waals surface area contributed by atoms with Crippen LogP contribution < -0.4 is 11.5 Å². The number of hydrogen-bond acceptors (Lipinski definition) is 4. The van der Waals surface area contributed by atoms with Crippen molar-refractivity contribution in [1.82, 2.24) is 0 Å². The second kappa shape index (κ2) is 8.48. The Labute approximate surface area is 129 Å². The van der Waals surface area contributed by atoms with E-state index in [1.807, 2.05) is 6.55 Å². The first-order valence-electron chi connectivity index (χ1n) is 7.38. The van der Waals surface area contributed by atoms with E-state index in [9.17, 15) is 0 Å². The van der Waals surface area contributed by atoms with Gasteiger partial charge in [-0.25, -0.2) is 0 Å². The Morgan fingerprint density at radius 1 is 0.900 bits per heavy atom. The van der Waals surface area contributed by atoms with E-state index in [0.717, 1.165) is 24.9 Å². The Bertz CT molecular complexity index is 314. The largest absolute Gasteiger partial charge is 0.428 e. The molecular formula is C13H34N2O2Si3. The summed E-state index contributed by atoms with van der Waals surface area (Å²) >= 11 is 0. The third kappa shape index (κ3) is 8.36. The molecule has 0 aromatic heterocycles. The highest BCUT2D eigenvalue weighted by atomic mass is 28.5. The minimum absolute atomic E-state index is 0. The number of rotatable bonds is 10. The number of hydrogen-bond donors (Lipinski definition) is 2. The lowest BCUT2D eigenvalue weighted by molar-refractivity contribution is 0.397. The maximum Gasteiger partial charge on any atom is 0.399 e. The molecule has 120 valence electrons. The molecule has 4 N–H and O–H groups in total. The first kappa shape index (κ1) is 20.1. The molecule has 7 heteroatoms. The van der Waals surface area contributed by atoms with Crippen LogP contribution in [0.4, 0.5) is 0 Å². The van der Waals surface area contributed by atoms with Crippen LogP contribution in [0.1, 0.15) is 14.3 Å². The highest BCUT2D eigenvalue weighted by molar-refractivity contribution is 6.91. The summed E-state index contributed by atoms with van der Waals surface area (Å²) in [6.45, 7) is 12.2. The van der Waals surface area contributed by atoms with Crippen molar-refractivity contribution in [2.24, 2.45) is 11.5 Å². The molecule has 0 spiro atoms. The second-order valence-electron chi connectivity index (χ2n) is 6.60. The quantitative estimate of drug-likeness (QED) is 0.476. The Morgan fingerprint density at radius 3 is 1.50 bits per heavy atom. The van der Waals surface area contributed by atoms with Gasteiger partial charge < -0.3 is 19.7 Å². The molecule has 0 aromatic rings. The van der Waals surface area contributed by atoms with Gasteiger partial charge in [0, 0.05) is 1.43 Å². The normalized spacial score (nSPS) is 13.3. The van der Waals surface area contributed by atoms with Gasteiger partial charge >= 0.3 is 8.56 Å². The highest BCUT2D eigenvalue weighted by Gasteiger charge is 2.42. The van der Waals surface area contributed by atoms with Crippen LogP contribution in [-0.2, 0) is 8.23 Å². The molecule has 20 heavy (non-hydrogen) atoms. The number of nitrogens with two attached hydrogens (primary N) is 2. The molecule has 4 nitrogen and oxygen atoms in total. The van der Waals surface area contributed by atoms with E-state index in [4.69, 9.17) is 26.1 Å². The maximum absolute atomic E-state index is 6.36. The van der Waals surface area contributed by atoms with E-state index in [1.165, 1.54) is 0 Å². The molecule has 0 aromatic carbocycles. The Kier molecular flexibility index (Phi) is 8.50. The lowest BCUT2D eigenvalue weighted by Gasteiger charge is -2.37. The molecule has 0 amide bonds. The summed E-state index contributed by atoms with van der Waals surface area (Å²) in [7, 11) is -6.12. The summed E-state index contributed by atoms with van der Waals surface area (Å²) in [5, 5.41) is 0. The van der Waals surface area contributed by atoms with E-state index >= 15 is 0 Å². The van der Waals surface area contributed by atoms with Crippen LogP contribution in [0.15, 0.2) is 0 Å². The zero-order chi connectivity index (χ0) is 15.9. The van der Waals surface area contributed by atoms with Crippen molar-refractivity contribution in [3.63, 3.8) is 0 Å². The van der Waals surface area contributed by atoms with Gasteiger partial charge in [-0.2, -0.15) is 0 Å². The van der Waals surface area contributed by atoms with Crippen LogP contribution in [0.25, 0.3) is 0 Å². The van der Waals surface area contributed by atoms with Gasteiger partial charge in [0.25, 0.3) is 0 Å². The topological polar surface area (TPSA) is 70.5 Å². The van der Waals surface area contributed by atoms with Crippen molar-refractivity contribution in [3.05, 3.63) is 0 Å². The fourth-order valence-electron chi connectivity index (χ4n) is 2.29. The predicted octanol–water partition coefficient (Wildman–Crippen LogP) is 2.62. The molecule has 0 saturated carbocycles. The Balaban J connectivity index is 0. The SMILES string of the molecule is C#C[Si](C)(O[Si](C)(C)CCCN)O[Si](C)(C)CCCN.[HH]. The molecule has 0 aliphatic carbocycles. The molecule has 0 aliphatic heterocycles. The summed E-state index contributed by atoms with van der Waals surface area (Å²) in [5.74, 6) is 0. The van der Waals surface area contributed by atoms with E-state index in [1.54, 1.807) is 0 Å². The first-order valence-corrected chi connectivity index (χ1v) is 15.9. The summed E-state index contributed by atoms with van der Waals surface area (Å²) in [6, 6.07) is 2.06. The first-order chi connectivity index (χ1) is 9.10. The molecule has 0 heterocycles. The van der Waals surface area contributed by atoms with Crippen molar-refractivity contribution in [2.75, 3.05) is 13.1 Å². The molecule has 0 saturated heterocycles. The maximum atomic E-state index is 6.36. The Hall–Kier alpha value is 0.0506. The average Bonchev–Trinajstić information content (AvgIpc) is 2.32. The van der Waals surface area contributed by atoms with Gasteiger partial charge in [0.15, 0.2) is 16.6 Å². The summed E-state index contributed by atoms with van der Waals surface area (Å²) < 4.78 is 12.7. The van der Waals surface area contributed by atoms with E-state index in [2.05, 4.69) is 31.7 Å². The molecule has 0 aliphatic rings. The molecule has 0 atom stereocenters. The number of terminal acetylenes is 1. The lowest BCUT2D eigenvalue weighted by atomic mass is 10.5. The zero-order valence-electron chi connectivity index (χ0n) is 13.8. The van der Waals surface area contributed by atoms with Crippen molar-refractivity contribution in [1.29, 1.82) is 0 Å². The second-order valence-corrected chi connectivity index (χ2v) is 18.4. The molecule has 0 fully saturated rings. The van der Waals surface area contributed by atoms with Crippen LogP contribution in [0.2, 0.25) is 44.8 Å². The third-order valence-corrected chi connectivity index (χ3v) is 14.3. The molecule has 0 radical (unpaired) electrons.